The third kappa shape index (κ3) is 4.32. The summed E-state index contributed by atoms with van der Waals surface area (Å²) in [4.78, 5) is 14.4. The van der Waals surface area contributed by atoms with Crippen LogP contribution in [-0.4, -0.2) is 37.1 Å². The Kier molecular flexibility index (Phi) is 6.68. The molecule has 20 heavy (non-hydrogen) atoms. The van der Waals surface area contributed by atoms with E-state index in [1.807, 2.05) is 56.0 Å². The van der Waals surface area contributed by atoms with Gasteiger partial charge in [-0.25, -0.2) is 0 Å². The number of carbonyl (C=O) groups excluding carboxylic acids is 1. The van der Waals surface area contributed by atoms with Crippen LogP contribution in [0.25, 0.3) is 0 Å². The zero-order chi connectivity index (χ0) is 15.1. The summed E-state index contributed by atoms with van der Waals surface area (Å²) < 4.78 is 5.07. The third-order valence-electron chi connectivity index (χ3n) is 3.56. The normalized spacial score (nSPS) is 14.1. The summed E-state index contributed by atoms with van der Waals surface area (Å²) in [5.74, 6) is -0.176. The number of nitrogens with zero attached hydrogens (tertiary/aromatic N) is 1. The maximum Gasteiger partial charge on any atom is 0.227 e. The average Bonchev–Trinajstić information content (AvgIpc) is 2.46. The molecular formula is C16H26N2O2. The predicted octanol–water partition coefficient (Wildman–Crippen LogP) is 2.21. The van der Waals surface area contributed by atoms with E-state index in [9.17, 15) is 4.79 Å². The molecule has 4 nitrogen and oxygen atoms in total. The van der Waals surface area contributed by atoms with Crippen LogP contribution in [0.4, 0.5) is 0 Å². The average molecular weight is 278 g/mol. The van der Waals surface area contributed by atoms with Crippen LogP contribution in [0.15, 0.2) is 30.3 Å². The molecule has 4 heteroatoms. The quantitative estimate of drug-likeness (QED) is 0.832. The van der Waals surface area contributed by atoms with E-state index in [4.69, 9.17) is 10.5 Å². The van der Waals surface area contributed by atoms with Crippen molar-refractivity contribution in [1.82, 2.24) is 4.90 Å². The van der Waals surface area contributed by atoms with E-state index in [0.717, 1.165) is 5.56 Å². The highest BCUT2D eigenvalue weighted by atomic mass is 16.5. The van der Waals surface area contributed by atoms with Crippen molar-refractivity contribution >= 4 is 5.91 Å². The highest BCUT2D eigenvalue weighted by Gasteiger charge is 2.27. The van der Waals surface area contributed by atoms with Gasteiger partial charge in [-0.15, -0.1) is 0 Å². The molecule has 1 aromatic rings. The van der Waals surface area contributed by atoms with E-state index in [-0.39, 0.29) is 23.9 Å². The zero-order valence-electron chi connectivity index (χ0n) is 12.9. The number of benzene rings is 1. The van der Waals surface area contributed by atoms with Crippen LogP contribution >= 0.6 is 0 Å². The molecule has 2 unspecified atom stereocenters. The van der Waals surface area contributed by atoms with Crippen molar-refractivity contribution in [2.75, 3.05) is 20.3 Å². The molecule has 0 aliphatic rings. The van der Waals surface area contributed by atoms with Gasteiger partial charge in [0.25, 0.3) is 0 Å². The van der Waals surface area contributed by atoms with Crippen molar-refractivity contribution in [3.05, 3.63) is 35.9 Å². The van der Waals surface area contributed by atoms with Crippen molar-refractivity contribution in [3.63, 3.8) is 0 Å². The van der Waals surface area contributed by atoms with Crippen LogP contribution in [0.3, 0.4) is 0 Å². The second kappa shape index (κ2) is 8.02. The highest BCUT2D eigenvalue weighted by Crippen LogP contribution is 2.21. The van der Waals surface area contributed by atoms with Gasteiger partial charge in [-0.2, -0.15) is 0 Å². The van der Waals surface area contributed by atoms with E-state index in [2.05, 4.69) is 0 Å². The number of hydrogen-bond donors (Lipinski definition) is 1. The Morgan fingerprint density at radius 1 is 1.25 bits per heavy atom. The Morgan fingerprint density at radius 2 is 1.85 bits per heavy atom. The fraction of sp³-hybridized carbons (Fsp3) is 0.562. The number of hydrogen-bond acceptors (Lipinski definition) is 3. The van der Waals surface area contributed by atoms with Crippen molar-refractivity contribution in [2.24, 2.45) is 11.7 Å². The van der Waals surface area contributed by atoms with E-state index in [0.29, 0.717) is 13.2 Å². The second-order valence-electron chi connectivity index (χ2n) is 5.34. The van der Waals surface area contributed by atoms with Gasteiger partial charge in [-0.1, -0.05) is 37.3 Å². The molecule has 0 fully saturated rings. The SMILES string of the molecule is COCCN(C(=O)C(C)C(N)c1ccccc1)C(C)C. The summed E-state index contributed by atoms with van der Waals surface area (Å²) in [5, 5.41) is 0. The fourth-order valence-corrected chi connectivity index (χ4v) is 2.19. The summed E-state index contributed by atoms with van der Waals surface area (Å²) >= 11 is 0. The van der Waals surface area contributed by atoms with Gasteiger partial charge >= 0.3 is 0 Å². The van der Waals surface area contributed by atoms with Gasteiger partial charge < -0.3 is 15.4 Å². The van der Waals surface area contributed by atoms with Gasteiger partial charge in [-0.3, -0.25) is 4.79 Å². The largest absolute Gasteiger partial charge is 0.383 e. The molecule has 1 rings (SSSR count). The number of ether oxygens (including phenoxy) is 1. The standard InChI is InChI=1S/C16H26N2O2/c1-12(2)18(10-11-20-4)16(19)13(3)15(17)14-8-6-5-7-9-14/h5-9,12-13,15H,10-11,17H2,1-4H3. The molecular weight excluding hydrogens is 252 g/mol. The van der Waals surface area contributed by atoms with Crippen LogP contribution in [0.2, 0.25) is 0 Å². The van der Waals surface area contributed by atoms with Gasteiger partial charge in [-0.05, 0) is 19.4 Å². The van der Waals surface area contributed by atoms with Gasteiger partial charge in [0.05, 0.1) is 12.5 Å². The smallest absolute Gasteiger partial charge is 0.227 e. The molecule has 0 saturated heterocycles. The molecule has 112 valence electrons. The topological polar surface area (TPSA) is 55.6 Å². The predicted molar refractivity (Wildman–Crippen MR) is 81.3 cm³/mol. The fourth-order valence-electron chi connectivity index (χ4n) is 2.19. The molecule has 0 saturated carbocycles. The molecule has 0 aliphatic carbocycles. The van der Waals surface area contributed by atoms with Crippen molar-refractivity contribution < 1.29 is 9.53 Å². The minimum Gasteiger partial charge on any atom is -0.383 e. The lowest BCUT2D eigenvalue weighted by Crippen LogP contribution is -2.44. The van der Waals surface area contributed by atoms with E-state index in [1.165, 1.54) is 0 Å². The van der Waals surface area contributed by atoms with Gasteiger partial charge in [0.15, 0.2) is 0 Å². The first-order valence-corrected chi connectivity index (χ1v) is 7.09. The Balaban J connectivity index is 2.78. The second-order valence-corrected chi connectivity index (χ2v) is 5.34. The molecule has 1 aromatic carbocycles. The van der Waals surface area contributed by atoms with Crippen LogP contribution in [0.5, 0.6) is 0 Å². The van der Waals surface area contributed by atoms with E-state index in [1.54, 1.807) is 7.11 Å². The molecule has 1 amide bonds. The highest BCUT2D eigenvalue weighted by molar-refractivity contribution is 5.79. The monoisotopic (exact) mass is 278 g/mol. The molecule has 0 aromatic heterocycles. The first-order valence-electron chi connectivity index (χ1n) is 7.09. The number of nitrogens with two attached hydrogens (primary N) is 1. The van der Waals surface area contributed by atoms with Gasteiger partial charge in [0.2, 0.25) is 5.91 Å². The molecule has 2 N–H and O–H groups in total. The molecule has 0 spiro atoms. The summed E-state index contributed by atoms with van der Waals surface area (Å²) in [7, 11) is 1.64. The number of amides is 1. The molecule has 0 aliphatic heterocycles. The van der Waals surface area contributed by atoms with Crippen LogP contribution in [0, 0.1) is 5.92 Å². The number of rotatable bonds is 7. The van der Waals surface area contributed by atoms with Crippen molar-refractivity contribution in [2.45, 2.75) is 32.9 Å². The van der Waals surface area contributed by atoms with Gasteiger partial charge in [0, 0.05) is 25.7 Å². The maximum atomic E-state index is 12.6. The molecule has 0 heterocycles. The summed E-state index contributed by atoms with van der Waals surface area (Å²) in [5.41, 5.74) is 7.22. The zero-order valence-corrected chi connectivity index (χ0v) is 12.9. The van der Waals surface area contributed by atoms with Crippen molar-refractivity contribution in [3.8, 4) is 0 Å². The van der Waals surface area contributed by atoms with Crippen LogP contribution in [-0.2, 0) is 9.53 Å². The minimum atomic E-state index is -0.285. The Bertz CT molecular complexity index is 406. The Hall–Kier alpha value is -1.39. The summed E-state index contributed by atoms with van der Waals surface area (Å²) in [6.07, 6.45) is 0. The Labute approximate surface area is 121 Å². The van der Waals surface area contributed by atoms with Crippen LogP contribution < -0.4 is 5.73 Å². The van der Waals surface area contributed by atoms with Crippen LogP contribution in [0.1, 0.15) is 32.4 Å². The summed E-state index contributed by atoms with van der Waals surface area (Å²) in [6, 6.07) is 9.61. The lowest BCUT2D eigenvalue weighted by molar-refractivity contribution is -0.138. The maximum absolute atomic E-state index is 12.6. The van der Waals surface area contributed by atoms with E-state index >= 15 is 0 Å². The minimum absolute atomic E-state index is 0.0772. The molecule has 0 radical (unpaired) electrons. The molecule has 2 atom stereocenters. The first-order chi connectivity index (χ1) is 9.49. The number of methoxy groups -OCH3 is 1. The Morgan fingerprint density at radius 3 is 2.35 bits per heavy atom. The summed E-state index contributed by atoms with van der Waals surface area (Å²) in [6.45, 7) is 7.04. The first kappa shape index (κ1) is 16.7. The van der Waals surface area contributed by atoms with E-state index < -0.39 is 0 Å². The molecule has 0 bridgehead atoms. The lowest BCUT2D eigenvalue weighted by atomic mass is 9.94. The number of carbonyl (C=O) groups is 1. The van der Waals surface area contributed by atoms with Crippen molar-refractivity contribution in [1.29, 1.82) is 0 Å². The van der Waals surface area contributed by atoms with Gasteiger partial charge in [0.1, 0.15) is 0 Å². The lowest BCUT2D eigenvalue weighted by Gasteiger charge is -2.31. The third-order valence-corrected chi connectivity index (χ3v) is 3.56.